The first-order valence-electron chi connectivity index (χ1n) is 10.3. The van der Waals surface area contributed by atoms with Gasteiger partial charge in [-0.05, 0) is 37.1 Å². The van der Waals surface area contributed by atoms with Gasteiger partial charge in [0.25, 0.3) is 5.91 Å². The summed E-state index contributed by atoms with van der Waals surface area (Å²) in [6.45, 7) is 8.76. The third kappa shape index (κ3) is 6.50. The van der Waals surface area contributed by atoms with Crippen molar-refractivity contribution in [3.05, 3.63) is 47.3 Å². The van der Waals surface area contributed by atoms with Crippen LogP contribution in [0, 0.1) is 0 Å². The van der Waals surface area contributed by atoms with Crippen LogP contribution < -0.4 is 15.4 Å². The number of benzene rings is 1. The maximum Gasteiger partial charge on any atom is 0.251 e. The van der Waals surface area contributed by atoms with Gasteiger partial charge in [-0.1, -0.05) is 13.8 Å². The number of hydrogen-bond donors (Lipinski definition) is 2. The average Bonchev–Trinajstić information content (AvgIpc) is 3.10. The lowest BCUT2D eigenvalue weighted by Gasteiger charge is -2.22. The lowest BCUT2D eigenvalue weighted by atomic mass is 10.1. The summed E-state index contributed by atoms with van der Waals surface area (Å²) in [7, 11) is 5.55. The number of methoxy groups -OCH3 is 1. The maximum atomic E-state index is 12.3. The van der Waals surface area contributed by atoms with Crippen LogP contribution in [0.15, 0.2) is 35.5 Å². The van der Waals surface area contributed by atoms with Crippen LogP contribution >= 0.6 is 0 Å². The van der Waals surface area contributed by atoms with Gasteiger partial charge >= 0.3 is 0 Å². The molecule has 0 atom stereocenters. The van der Waals surface area contributed by atoms with Crippen LogP contribution in [0.25, 0.3) is 0 Å². The molecule has 0 spiro atoms. The van der Waals surface area contributed by atoms with E-state index in [4.69, 9.17) is 4.74 Å². The molecule has 0 saturated carbocycles. The molecule has 1 aromatic heterocycles. The van der Waals surface area contributed by atoms with Gasteiger partial charge in [-0.25, -0.2) is 0 Å². The van der Waals surface area contributed by atoms with Crippen LogP contribution in [-0.2, 0) is 13.6 Å². The summed E-state index contributed by atoms with van der Waals surface area (Å²) in [6, 6.07) is 7.04. The largest absolute Gasteiger partial charge is 0.497 e. The number of nitrogens with one attached hydrogen (secondary N) is 2. The Balaban J connectivity index is 1.93. The summed E-state index contributed by atoms with van der Waals surface area (Å²) in [6.07, 6.45) is 2.06. The van der Waals surface area contributed by atoms with Crippen molar-refractivity contribution in [2.75, 3.05) is 33.8 Å². The first kappa shape index (κ1) is 23.3. The lowest BCUT2D eigenvalue weighted by molar-refractivity contribution is 0.0954. The zero-order valence-corrected chi connectivity index (χ0v) is 18.9. The Labute approximate surface area is 179 Å². The summed E-state index contributed by atoms with van der Waals surface area (Å²) in [5.74, 6) is 1.77. The molecule has 0 bridgehead atoms. The first-order chi connectivity index (χ1) is 14.3. The van der Waals surface area contributed by atoms with E-state index in [1.165, 1.54) is 5.56 Å². The Hall–Kier alpha value is -3.03. The van der Waals surface area contributed by atoms with Gasteiger partial charge in [0.15, 0.2) is 5.96 Å². The van der Waals surface area contributed by atoms with Crippen molar-refractivity contribution in [2.45, 2.75) is 33.2 Å². The minimum Gasteiger partial charge on any atom is -0.497 e. The second kappa shape index (κ2) is 11.2. The molecule has 2 aromatic rings. The SMILES string of the molecule is CCNC(=NCCNC(=O)c1ccc(OC)cc1)N(C)Cc1cn(C)nc1C(C)C. The molecule has 0 saturated heterocycles. The molecule has 0 unspecified atom stereocenters. The highest BCUT2D eigenvalue weighted by Crippen LogP contribution is 2.18. The minimum absolute atomic E-state index is 0.122. The smallest absolute Gasteiger partial charge is 0.251 e. The van der Waals surface area contributed by atoms with Gasteiger partial charge in [0, 0.05) is 51.1 Å². The summed E-state index contributed by atoms with van der Waals surface area (Å²) in [4.78, 5) is 19.0. The monoisotopic (exact) mass is 414 g/mol. The predicted molar refractivity (Wildman–Crippen MR) is 120 cm³/mol. The zero-order chi connectivity index (χ0) is 22.1. The van der Waals surface area contributed by atoms with Gasteiger partial charge in [-0.15, -0.1) is 0 Å². The van der Waals surface area contributed by atoms with E-state index in [9.17, 15) is 4.79 Å². The quantitative estimate of drug-likeness (QED) is 0.374. The minimum atomic E-state index is -0.122. The zero-order valence-electron chi connectivity index (χ0n) is 18.9. The van der Waals surface area contributed by atoms with Crippen molar-refractivity contribution in [3.63, 3.8) is 0 Å². The van der Waals surface area contributed by atoms with Gasteiger partial charge in [-0.2, -0.15) is 5.10 Å². The standard InChI is InChI=1S/C22H34N6O2/c1-7-23-22(27(4)14-18-15-28(5)26-20(18)16(2)3)25-13-12-24-21(29)17-8-10-19(30-6)11-9-17/h8-11,15-16H,7,12-14H2,1-6H3,(H,23,25)(H,24,29). The molecule has 8 nitrogen and oxygen atoms in total. The molecular formula is C22H34N6O2. The molecule has 1 heterocycles. The van der Waals surface area contributed by atoms with Crippen molar-refractivity contribution in [1.82, 2.24) is 25.3 Å². The highest BCUT2D eigenvalue weighted by molar-refractivity contribution is 5.94. The Kier molecular flexibility index (Phi) is 8.70. The first-order valence-corrected chi connectivity index (χ1v) is 10.3. The topological polar surface area (TPSA) is 83.8 Å². The van der Waals surface area contributed by atoms with E-state index in [1.807, 2.05) is 25.7 Å². The third-order valence-electron chi connectivity index (χ3n) is 4.60. The summed E-state index contributed by atoms with van der Waals surface area (Å²) < 4.78 is 6.98. The number of nitrogens with zero attached hydrogens (tertiary/aromatic N) is 4. The Morgan fingerprint density at radius 1 is 1.27 bits per heavy atom. The molecule has 0 aliphatic rings. The average molecular weight is 415 g/mol. The number of hydrogen-bond acceptors (Lipinski definition) is 4. The van der Waals surface area contributed by atoms with Crippen molar-refractivity contribution < 1.29 is 9.53 Å². The molecule has 30 heavy (non-hydrogen) atoms. The fraction of sp³-hybridized carbons (Fsp3) is 0.500. The van der Waals surface area contributed by atoms with Crippen LogP contribution in [0.5, 0.6) is 5.75 Å². The maximum absolute atomic E-state index is 12.3. The number of aliphatic imine (C=N–C) groups is 1. The van der Waals surface area contributed by atoms with E-state index in [2.05, 4.69) is 45.7 Å². The van der Waals surface area contributed by atoms with Crippen molar-refractivity contribution in [1.29, 1.82) is 0 Å². The Bertz CT molecular complexity index is 842. The summed E-state index contributed by atoms with van der Waals surface area (Å²) >= 11 is 0. The molecule has 8 heteroatoms. The van der Waals surface area contributed by atoms with E-state index in [0.29, 0.717) is 31.1 Å². The van der Waals surface area contributed by atoms with Crippen LogP contribution in [0.3, 0.4) is 0 Å². The number of amides is 1. The van der Waals surface area contributed by atoms with Crippen molar-refractivity contribution in [3.8, 4) is 5.75 Å². The van der Waals surface area contributed by atoms with Gasteiger partial charge in [0.1, 0.15) is 5.75 Å². The normalized spacial score (nSPS) is 11.5. The number of ether oxygens (including phenoxy) is 1. The number of guanidine groups is 1. The Morgan fingerprint density at radius 3 is 2.57 bits per heavy atom. The molecule has 1 aromatic carbocycles. The molecule has 0 fully saturated rings. The van der Waals surface area contributed by atoms with E-state index in [-0.39, 0.29) is 5.91 Å². The van der Waals surface area contributed by atoms with E-state index >= 15 is 0 Å². The molecular weight excluding hydrogens is 380 g/mol. The van der Waals surface area contributed by atoms with E-state index in [1.54, 1.807) is 31.4 Å². The molecule has 0 radical (unpaired) electrons. The van der Waals surface area contributed by atoms with E-state index < -0.39 is 0 Å². The van der Waals surface area contributed by atoms with Crippen molar-refractivity contribution >= 4 is 11.9 Å². The predicted octanol–water partition coefficient (Wildman–Crippen LogP) is 2.38. The van der Waals surface area contributed by atoms with Gasteiger partial charge < -0.3 is 20.3 Å². The second-order valence-corrected chi connectivity index (χ2v) is 7.44. The number of aryl methyl sites for hydroxylation is 1. The van der Waals surface area contributed by atoms with Gasteiger partial charge in [0.05, 0.1) is 19.3 Å². The Morgan fingerprint density at radius 2 is 1.97 bits per heavy atom. The van der Waals surface area contributed by atoms with Crippen LogP contribution in [-0.4, -0.2) is 60.3 Å². The molecule has 2 rings (SSSR count). The van der Waals surface area contributed by atoms with Crippen LogP contribution in [0.4, 0.5) is 0 Å². The second-order valence-electron chi connectivity index (χ2n) is 7.44. The fourth-order valence-corrected chi connectivity index (χ4v) is 3.14. The highest BCUT2D eigenvalue weighted by Gasteiger charge is 2.15. The lowest BCUT2D eigenvalue weighted by Crippen LogP contribution is -2.39. The fourth-order valence-electron chi connectivity index (χ4n) is 3.14. The van der Waals surface area contributed by atoms with E-state index in [0.717, 1.165) is 23.9 Å². The number of rotatable bonds is 9. The molecule has 1 amide bonds. The summed E-state index contributed by atoms with van der Waals surface area (Å²) in [5, 5.41) is 10.8. The number of carbonyl (C=O) groups excluding carboxylic acids is 1. The van der Waals surface area contributed by atoms with Crippen molar-refractivity contribution in [2.24, 2.45) is 12.0 Å². The number of aromatic nitrogens is 2. The third-order valence-corrected chi connectivity index (χ3v) is 4.60. The molecule has 0 aliphatic heterocycles. The van der Waals surface area contributed by atoms with Gasteiger partial charge in [-0.3, -0.25) is 14.5 Å². The number of carbonyl (C=O) groups is 1. The summed E-state index contributed by atoms with van der Waals surface area (Å²) in [5.41, 5.74) is 2.89. The highest BCUT2D eigenvalue weighted by atomic mass is 16.5. The van der Waals surface area contributed by atoms with Crippen LogP contribution in [0.2, 0.25) is 0 Å². The van der Waals surface area contributed by atoms with Crippen LogP contribution in [0.1, 0.15) is 48.3 Å². The molecule has 2 N–H and O–H groups in total. The van der Waals surface area contributed by atoms with Gasteiger partial charge in [0.2, 0.25) is 0 Å². The molecule has 0 aliphatic carbocycles. The molecule has 164 valence electrons.